The van der Waals surface area contributed by atoms with Crippen molar-refractivity contribution in [3.05, 3.63) is 28.2 Å². The molecule has 1 aliphatic carbocycles. The molecule has 1 spiro atoms. The molecule has 1 aliphatic heterocycles. The molecule has 0 radical (unpaired) electrons. The second-order valence-corrected chi connectivity index (χ2v) is 6.88. The largest absolute Gasteiger partial charge is 0.496 e. The highest BCUT2D eigenvalue weighted by Crippen LogP contribution is 2.48. The molecule has 1 saturated heterocycles. The lowest BCUT2D eigenvalue weighted by molar-refractivity contribution is -0.157. The average molecular weight is 341 g/mol. The van der Waals surface area contributed by atoms with E-state index in [1.807, 2.05) is 18.2 Å². The second kappa shape index (κ2) is 5.66. The van der Waals surface area contributed by atoms with Gasteiger partial charge in [-0.25, -0.2) is 0 Å². The van der Waals surface area contributed by atoms with Gasteiger partial charge in [0.15, 0.2) is 0 Å². The number of hydrogen-bond acceptors (Lipinski definition) is 3. The summed E-state index contributed by atoms with van der Waals surface area (Å²) >= 11 is 3.44. The Morgan fingerprint density at radius 3 is 2.90 bits per heavy atom. The van der Waals surface area contributed by atoms with Gasteiger partial charge in [0.25, 0.3) is 0 Å². The Labute approximate surface area is 128 Å². The molecule has 3 nitrogen and oxygen atoms in total. The molecule has 0 amide bonds. The fraction of sp³-hybridized carbons (Fsp3) is 0.625. The lowest BCUT2D eigenvalue weighted by atomic mass is 9.70. The van der Waals surface area contributed by atoms with Crippen LogP contribution in [0, 0.1) is 5.92 Å². The molecule has 4 heteroatoms. The van der Waals surface area contributed by atoms with E-state index in [1.165, 1.54) is 6.42 Å². The van der Waals surface area contributed by atoms with Crippen LogP contribution in [0.25, 0.3) is 0 Å². The second-order valence-electron chi connectivity index (χ2n) is 5.97. The average Bonchev–Trinajstić information content (AvgIpc) is 2.45. The zero-order chi connectivity index (χ0) is 14.2. The molecule has 110 valence electrons. The molecule has 0 aromatic heterocycles. The predicted octanol–water partition coefficient (Wildman–Crippen LogP) is 3.84. The number of aliphatic hydroxyl groups excluding tert-OH is 1. The van der Waals surface area contributed by atoms with Crippen LogP contribution in [0.5, 0.6) is 5.75 Å². The van der Waals surface area contributed by atoms with E-state index in [2.05, 4.69) is 15.9 Å². The van der Waals surface area contributed by atoms with E-state index in [-0.39, 0.29) is 11.5 Å². The van der Waals surface area contributed by atoms with Gasteiger partial charge in [-0.2, -0.15) is 0 Å². The summed E-state index contributed by atoms with van der Waals surface area (Å²) in [6, 6.07) is 5.83. The Bertz CT molecular complexity index is 485. The summed E-state index contributed by atoms with van der Waals surface area (Å²) in [4.78, 5) is 0. The topological polar surface area (TPSA) is 38.7 Å². The van der Waals surface area contributed by atoms with Gasteiger partial charge in [-0.05, 0) is 50.2 Å². The van der Waals surface area contributed by atoms with Crippen molar-refractivity contribution in [2.75, 3.05) is 13.7 Å². The third-order valence-electron chi connectivity index (χ3n) is 4.76. The smallest absolute Gasteiger partial charge is 0.125 e. The fourth-order valence-corrected chi connectivity index (χ4v) is 3.78. The lowest BCUT2D eigenvalue weighted by Crippen LogP contribution is -2.46. The molecule has 1 N–H and O–H groups in total. The highest BCUT2D eigenvalue weighted by molar-refractivity contribution is 9.10. The summed E-state index contributed by atoms with van der Waals surface area (Å²) in [6.45, 7) is 0.764. The first kappa shape index (κ1) is 14.4. The van der Waals surface area contributed by atoms with Gasteiger partial charge in [-0.15, -0.1) is 0 Å². The van der Waals surface area contributed by atoms with Gasteiger partial charge in [0.05, 0.1) is 18.8 Å². The zero-order valence-corrected chi connectivity index (χ0v) is 13.4. The number of hydrogen-bond donors (Lipinski definition) is 1. The van der Waals surface area contributed by atoms with Crippen molar-refractivity contribution in [2.45, 2.75) is 43.8 Å². The maximum absolute atomic E-state index is 10.7. The third kappa shape index (κ3) is 2.61. The summed E-state index contributed by atoms with van der Waals surface area (Å²) in [6.07, 6.45) is 4.96. The zero-order valence-electron chi connectivity index (χ0n) is 11.8. The van der Waals surface area contributed by atoms with E-state index >= 15 is 0 Å². The number of benzene rings is 1. The molecular weight excluding hydrogens is 320 g/mol. The molecule has 1 heterocycles. The maximum atomic E-state index is 10.7. The normalized spacial score (nSPS) is 26.1. The number of aliphatic hydroxyl groups is 1. The van der Waals surface area contributed by atoms with Crippen LogP contribution < -0.4 is 4.74 Å². The van der Waals surface area contributed by atoms with E-state index in [0.29, 0.717) is 0 Å². The first-order valence-electron chi connectivity index (χ1n) is 7.29. The first-order chi connectivity index (χ1) is 9.63. The van der Waals surface area contributed by atoms with Gasteiger partial charge in [0, 0.05) is 16.6 Å². The highest BCUT2D eigenvalue weighted by Gasteiger charge is 2.44. The van der Waals surface area contributed by atoms with Crippen LogP contribution in [0.3, 0.4) is 0 Å². The Kier molecular flexibility index (Phi) is 4.07. The number of halogens is 1. The number of ether oxygens (including phenoxy) is 2. The van der Waals surface area contributed by atoms with E-state index in [1.54, 1.807) is 7.11 Å². The van der Waals surface area contributed by atoms with Crippen LogP contribution in [0.2, 0.25) is 0 Å². The molecular formula is C16H21BrO3. The molecule has 2 unspecified atom stereocenters. The molecule has 0 bridgehead atoms. The summed E-state index contributed by atoms with van der Waals surface area (Å²) < 4.78 is 12.3. The fourth-order valence-electron chi connectivity index (χ4n) is 3.44. The van der Waals surface area contributed by atoms with Crippen molar-refractivity contribution in [1.82, 2.24) is 0 Å². The molecule has 2 aliphatic rings. The van der Waals surface area contributed by atoms with Crippen molar-refractivity contribution in [3.63, 3.8) is 0 Å². The minimum Gasteiger partial charge on any atom is -0.496 e. The predicted molar refractivity (Wildman–Crippen MR) is 80.9 cm³/mol. The quantitative estimate of drug-likeness (QED) is 0.908. The van der Waals surface area contributed by atoms with Crippen LogP contribution in [0.1, 0.15) is 43.8 Å². The Hall–Kier alpha value is -0.580. The van der Waals surface area contributed by atoms with Gasteiger partial charge in [-0.1, -0.05) is 22.0 Å². The summed E-state index contributed by atoms with van der Waals surface area (Å²) in [5.74, 6) is 1.01. The van der Waals surface area contributed by atoms with Crippen LogP contribution in [0.15, 0.2) is 22.7 Å². The Morgan fingerprint density at radius 1 is 1.45 bits per heavy atom. The van der Waals surface area contributed by atoms with Crippen molar-refractivity contribution < 1.29 is 14.6 Å². The minimum absolute atomic E-state index is 0.0620. The minimum atomic E-state index is -0.473. The summed E-state index contributed by atoms with van der Waals surface area (Å²) in [5, 5.41) is 10.7. The van der Waals surface area contributed by atoms with Gasteiger partial charge in [-0.3, -0.25) is 0 Å². The monoisotopic (exact) mass is 340 g/mol. The van der Waals surface area contributed by atoms with E-state index < -0.39 is 6.10 Å². The van der Waals surface area contributed by atoms with Crippen molar-refractivity contribution >= 4 is 15.9 Å². The SMILES string of the molecule is COc1cc(Br)ccc1C(O)C1CCOC2(CCC2)C1. The van der Waals surface area contributed by atoms with E-state index in [0.717, 1.165) is 48.1 Å². The molecule has 2 atom stereocenters. The standard InChI is InChI=1S/C16H21BrO3/c1-19-14-9-12(17)3-4-13(14)15(18)11-5-8-20-16(10-11)6-2-7-16/h3-4,9,11,15,18H,2,5-8,10H2,1H3. The van der Waals surface area contributed by atoms with E-state index in [4.69, 9.17) is 9.47 Å². The summed E-state index contributed by atoms with van der Waals surface area (Å²) in [5.41, 5.74) is 0.948. The van der Waals surface area contributed by atoms with Gasteiger partial charge in [0.2, 0.25) is 0 Å². The highest BCUT2D eigenvalue weighted by atomic mass is 79.9. The molecule has 3 rings (SSSR count). The number of rotatable bonds is 3. The maximum Gasteiger partial charge on any atom is 0.125 e. The lowest BCUT2D eigenvalue weighted by Gasteiger charge is -2.48. The van der Waals surface area contributed by atoms with Crippen LogP contribution in [-0.2, 0) is 4.74 Å². The van der Waals surface area contributed by atoms with Crippen LogP contribution >= 0.6 is 15.9 Å². The third-order valence-corrected chi connectivity index (χ3v) is 5.25. The summed E-state index contributed by atoms with van der Waals surface area (Å²) in [7, 11) is 1.65. The van der Waals surface area contributed by atoms with Gasteiger partial charge in [0.1, 0.15) is 5.75 Å². The van der Waals surface area contributed by atoms with Crippen molar-refractivity contribution in [2.24, 2.45) is 5.92 Å². The molecule has 1 saturated carbocycles. The molecule has 1 aromatic carbocycles. The van der Waals surface area contributed by atoms with Crippen LogP contribution in [-0.4, -0.2) is 24.4 Å². The van der Waals surface area contributed by atoms with Gasteiger partial charge < -0.3 is 14.6 Å². The number of methoxy groups -OCH3 is 1. The molecule has 20 heavy (non-hydrogen) atoms. The Balaban J connectivity index is 1.79. The van der Waals surface area contributed by atoms with Crippen LogP contribution in [0.4, 0.5) is 0 Å². The van der Waals surface area contributed by atoms with Crippen molar-refractivity contribution in [3.8, 4) is 5.75 Å². The van der Waals surface area contributed by atoms with E-state index in [9.17, 15) is 5.11 Å². The molecule has 2 fully saturated rings. The van der Waals surface area contributed by atoms with Gasteiger partial charge >= 0.3 is 0 Å². The Morgan fingerprint density at radius 2 is 2.25 bits per heavy atom. The van der Waals surface area contributed by atoms with Crippen molar-refractivity contribution in [1.29, 1.82) is 0 Å². The first-order valence-corrected chi connectivity index (χ1v) is 8.08. The molecule has 1 aromatic rings.